The van der Waals surface area contributed by atoms with Gasteiger partial charge in [0, 0.05) is 13.2 Å². The fraction of sp³-hybridized carbons (Fsp3) is 0.250. The zero-order valence-corrected chi connectivity index (χ0v) is 8.86. The van der Waals surface area contributed by atoms with Crippen molar-refractivity contribution in [2.45, 2.75) is 6.92 Å². The first kappa shape index (κ1) is 11.5. The Labute approximate surface area is 89.0 Å². The van der Waals surface area contributed by atoms with E-state index in [4.69, 9.17) is 9.84 Å². The quantitative estimate of drug-likeness (QED) is 0.767. The summed E-state index contributed by atoms with van der Waals surface area (Å²) >= 11 is 0. The highest BCUT2D eigenvalue weighted by Gasteiger charge is 2.03. The lowest BCUT2D eigenvalue weighted by Gasteiger charge is -2.06. The van der Waals surface area contributed by atoms with E-state index in [9.17, 15) is 4.79 Å². The molecular weight excluding hydrogens is 192 g/mol. The van der Waals surface area contributed by atoms with Crippen molar-refractivity contribution < 1.29 is 14.6 Å². The van der Waals surface area contributed by atoms with Gasteiger partial charge in [0.15, 0.2) is 0 Å². The smallest absolute Gasteiger partial charge is 0.328 e. The van der Waals surface area contributed by atoms with Gasteiger partial charge in [-0.25, -0.2) is 4.79 Å². The van der Waals surface area contributed by atoms with Crippen LogP contribution in [0.4, 0.5) is 0 Å². The Balaban J connectivity index is 3.04. The number of carboxylic acids is 1. The van der Waals surface area contributed by atoms with Crippen molar-refractivity contribution in [2.24, 2.45) is 0 Å². The van der Waals surface area contributed by atoms with Gasteiger partial charge in [-0.1, -0.05) is 29.8 Å². The van der Waals surface area contributed by atoms with Gasteiger partial charge < -0.3 is 9.84 Å². The number of rotatable bonds is 4. The number of benzene rings is 1. The van der Waals surface area contributed by atoms with E-state index in [-0.39, 0.29) is 0 Å². The average molecular weight is 206 g/mol. The third-order valence-corrected chi connectivity index (χ3v) is 1.99. The first-order chi connectivity index (χ1) is 7.13. The van der Waals surface area contributed by atoms with Crippen molar-refractivity contribution in [1.29, 1.82) is 0 Å². The lowest BCUT2D eigenvalue weighted by Crippen LogP contribution is -1.99. The highest BCUT2D eigenvalue weighted by Crippen LogP contribution is 2.15. The maximum absolute atomic E-state index is 10.6. The molecule has 0 aliphatic rings. The van der Waals surface area contributed by atoms with Crippen molar-refractivity contribution in [3.05, 3.63) is 41.5 Å². The Bertz CT molecular complexity index is 380. The van der Waals surface area contributed by atoms with Crippen LogP contribution in [0.1, 0.15) is 11.1 Å². The van der Waals surface area contributed by atoms with Crippen molar-refractivity contribution >= 4 is 11.5 Å². The molecule has 0 heterocycles. The SMILES string of the molecule is COC/C(=C\C(=O)O)c1cccc(C)c1. The zero-order valence-electron chi connectivity index (χ0n) is 8.86. The summed E-state index contributed by atoms with van der Waals surface area (Å²) in [5.74, 6) is -0.955. The maximum atomic E-state index is 10.6. The molecule has 1 aromatic rings. The lowest BCUT2D eigenvalue weighted by atomic mass is 10.0. The standard InChI is InChI=1S/C12H14O3/c1-9-4-3-5-10(6-9)11(8-15-2)7-12(13)14/h3-7H,8H2,1-2H3,(H,13,14)/b11-7+. The maximum Gasteiger partial charge on any atom is 0.328 e. The van der Waals surface area contributed by atoms with Crippen molar-refractivity contribution in [2.75, 3.05) is 13.7 Å². The van der Waals surface area contributed by atoms with Crippen molar-refractivity contribution in [1.82, 2.24) is 0 Å². The molecule has 80 valence electrons. The third-order valence-electron chi connectivity index (χ3n) is 1.99. The highest BCUT2D eigenvalue weighted by molar-refractivity contribution is 5.90. The van der Waals surface area contributed by atoms with Crippen molar-refractivity contribution in [3.63, 3.8) is 0 Å². The topological polar surface area (TPSA) is 46.5 Å². The molecular formula is C12H14O3. The average Bonchev–Trinajstić information content (AvgIpc) is 2.16. The van der Waals surface area contributed by atoms with Crippen LogP contribution >= 0.6 is 0 Å². The largest absolute Gasteiger partial charge is 0.478 e. The first-order valence-corrected chi connectivity index (χ1v) is 4.63. The molecule has 3 nitrogen and oxygen atoms in total. The summed E-state index contributed by atoms with van der Waals surface area (Å²) in [6.07, 6.45) is 1.18. The van der Waals surface area contributed by atoms with Crippen LogP contribution in [0.5, 0.6) is 0 Å². The van der Waals surface area contributed by atoms with Crippen LogP contribution in [-0.4, -0.2) is 24.8 Å². The Morgan fingerprint density at radius 1 is 1.53 bits per heavy atom. The summed E-state index contributed by atoms with van der Waals surface area (Å²) in [4.78, 5) is 10.6. The molecule has 0 atom stereocenters. The van der Waals surface area contributed by atoms with E-state index < -0.39 is 5.97 Å². The van der Waals surface area contributed by atoms with Crippen LogP contribution < -0.4 is 0 Å². The van der Waals surface area contributed by atoms with Crippen LogP contribution in [0.25, 0.3) is 5.57 Å². The predicted molar refractivity (Wildman–Crippen MR) is 58.7 cm³/mol. The van der Waals surface area contributed by atoms with Gasteiger partial charge in [-0.3, -0.25) is 0 Å². The molecule has 0 fully saturated rings. The van der Waals surface area contributed by atoms with E-state index in [0.29, 0.717) is 12.2 Å². The molecule has 0 saturated carbocycles. The number of aliphatic carboxylic acids is 1. The van der Waals surface area contributed by atoms with E-state index in [1.54, 1.807) is 7.11 Å². The van der Waals surface area contributed by atoms with Gasteiger partial charge in [-0.2, -0.15) is 0 Å². The number of hydrogen-bond acceptors (Lipinski definition) is 2. The summed E-state index contributed by atoms with van der Waals surface area (Å²) in [6, 6.07) is 7.68. The molecule has 0 amide bonds. The minimum Gasteiger partial charge on any atom is -0.478 e. The van der Waals surface area contributed by atoms with E-state index in [1.807, 2.05) is 31.2 Å². The van der Waals surface area contributed by atoms with E-state index in [1.165, 1.54) is 6.08 Å². The molecule has 1 rings (SSSR count). The molecule has 1 aromatic carbocycles. The van der Waals surface area contributed by atoms with Gasteiger partial charge in [0.1, 0.15) is 0 Å². The van der Waals surface area contributed by atoms with E-state index in [0.717, 1.165) is 11.1 Å². The molecule has 0 saturated heterocycles. The van der Waals surface area contributed by atoms with Gasteiger partial charge in [-0.05, 0) is 18.1 Å². The van der Waals surface area contributed by atoms with Gasteiger partial charge in [0.2, 0.25) is 0 Å². The fourth-order valence-corrected chi connectivity index (χ4v) is 1.36. The highest BCUT2D eigenvalue weighted by atomic mass is 16.5. The Hall–Kier alpha value is -1.61. The minimum absolute atomic E-state index is 0.301. The number of methoxy groups -OCH3 is 1. The molecule has 0 spiro atoms. The second kappa shape index (κ2) is 5.32. The Morgan fingerprint density at radius 3 is 2.80 bits per heavy atom. The second-order valence-corrected chi connectivity index (χ2v) is 3.31. The first-order valence-electron chi connectivity index (χ1n) is 4.63. The molecule has 0 aliphatic heterocycles. The molecule has 1 N–H and O–H groups in total. The number of carbonyl (C=O) groups is 1. The molecule has 3 heteroatoms. The van der Waals surface area contributed by atoms with Gasteiger partial charge in [0.25, 0.3) is 0 Å². The van der Waals surface area contributed by atoms with Crippen LogP contribution in [-0.2, 0) is 9.53 Å². The summed E-state index contributed by atoms with van der Waals surface area (Å²) in [5.41, 5.74) is 2.66. The summed E-state index contributed by atoms with van der Waals surface area (Å²) in [7, 11) is 1.55. The summed E-state index contributed by atoms with van der Waals surface area (Å²) in [6.45, 7) is 2.27. The summed E-state index contributed by atoms with van der Waals surface area (Å²) < 4.78 is 4.97. The van der Waals surface area contributed by atoms with Crippen LogP contribution in [0, 0.1) is 6.92 Å². The van der Waals surface area contributed by atoms with E-state index in [2.05, 4.69) is 0 Å². The molecule has 0 bridgehead atoms. The van der Waals surface area contributed by atoms with Crippen molar-refractivity contribution in [3.8, 4) is 0 Å². The fourth-order valence-electron chi connectivity index (χ4n) is 1.36. The second-order valence-electron chi connectivity index (χ2n) is 3.31. The van der Waals surface area contributed by atoms with Gasteiger partial charge >= 0.3 is 5.97 Å². The van der Waals surface area contributed by atoms with E-state index >= 15 is 0 Å². The molecule has 0 aromatic heterocycles. The molecule has 0 aliphatic carbocycles. The van der Waals surface area contributed by atoms with Gasteiger partial charge in [0.05, 0.1) is 6.61 Å². The molecule has 15 heavy (non-hydrogen) atoms. The van der Waals surface area contributed by atoms with Crippen LogP contribution in [0.2, 0.25) is 0 Å². The zero-order chi connectivity index (χ0) is 11.3. The normalized spacial score (nSPS) is 11.5. The predicted octanol–water partition coefficient (Wildman–Crippen LogP) is 2.11. The third kappa shape index (κ3) is 3.56. The summed E-state index contributed by atoms with van der Waals surface area (Å²) in [5, 5.41) is 8.71. The molecule has 0 radical (unpaired) electrons. The number of ether oxygens (including phenoxy) is 1. The Kier molecular flexibility index (Phi) is 4.06. The minimum atomic E-state index is -0.955. The number of aryl methyl sites for hydroxylation is 1. The number of hydrogen-bond donors (Lipinski definition) is 1. The monoisotopic (exact) mass is 206 g/mol. The van der Waals surface area contributed by atoms with Crippen LogP contribution in [0.15, 0.2) is 30.3 Å². The molecule has 0 unspecified atom stereocenters. The van der Waals surface area contributed by atoms with Gasteiger partial charge in [-0.15, -0.1) is 0 Å². The lowest BCUT2D eigenvalue weighted by molar-refractivity contribution is -0.131. The Morgan fingerprint density at radius 2 is 2.27 bits per heavy atom. The van der Waals surface area contributed by atoms with Crippen LogP contribution in [0.3, 0.4) is 0 Å². The number of carboxylic acid groups (broad SMARTS) is 1.